The van der Waals surface area contributed by atoms with Gasteiger partial charge in [0, 0.05) is 44.7 Å². The molecule has 0 aliphatic carbocycles. The van der Waals surface area contributed by atoms with E-state index in [9.17, 15) is 4.79 Å². The molecule has 0 spiro atoms. The van der Waals surface area contributed by atoms with Gasteiger partial charge in [-0.3, -0.25) is 9.48 Å². The van der Waals surface area contributed by atoms with E-state index in [1.807, 2.05) is 30.0 Å². The van der Waals surface area contributed by atoms with E-state index in [2.05, 4.69) is 10.1 Å². The maximum Gasteiger partial charge on any atom is 0.274 e. The van der Waals surface area contributed by atoms with Crippen molar-refractivity contribution in [3.63, 3.8) is 0 Å². The highest BCUT2D eigenvalue weighted by atomic mass is 32.1. The van der Waals surface area contributed by atoms with Gasteiger partial charge in [0.05, 0.1) is 17.3 Å². The molecule has 0 atom stereocenters. The first-order chi connectivity index (χ1) is 13.2. The fourth-order valence-electron chi connectivity index (χ4n) is 3.31. The number of amides is 1. The Hall–Kier alpha value is -2.61. The average Bonchev–Trinajstić information content (AvgIpc) is 3.33. The van der Waals surface area contributed by atoms with Crippen molar-refractivity contribution in [1.29, 1.82) is 0 Å². The molecule has 27 heavy (non-hydrogen) atoms. The third-order valence-corrected chi connectivity index (χ3v) is 5.73. The van der Waals surface area contributed by atoms with Gasteiger partial charge in [-0.05, 0) is 25.1 Å². The van der Waals surface area contributed by atoms with Gasteiger partial charge in [0.1, 0.15) is 17.5 Å². The number of benzene rings is 1. The third-order valence-electron chi connectivity index (χ3n) is 4.81. The number of methoxy groups -OCH3 is 1. The number of fused-ring (bicyclic) bond motifs is 1. The van der Waals surface area contributed by atoms with Gasteiger partial charge in [0.15, 0.2) is 0 Å². The summed E-state index contributed by atoms with van der Waals surface area (Å²) in [7, 11) is 1.65. The van der Waals surface area contributed by atoms with Gasteiger partial charge >= 0.3 is 0 Å². The highest BCUT2D eigenvalue weighted by Gasteiger charge is 2.27. The van der Waals surface area contributed by atoms with Crippen LogP contribution < -0.4 is 9.47 Å². The summed E-state index contributed by atoms with van der Waals surface area (Å²) in [6, 6.07) is 7.62. The Morgan fingerprint density at radius 2 is 2.11 bits per heavy atom. The number of likely N-dealkylation sites (tertiary alicyclic amines) is 1. The van der Waals surface area contributed by atoms with Crippen molar-refractivity contribution in [3.05, 3.63) is 36.2 Å². The minimum atomic E-state index is 0.0416. The zero-order valence-electron chi connectivity index (χ0n) is 15.4. The average molecular weight is 386 g/mol. The quantitative estimate of drug-likeness (QED) is 0.673. The van der Waals surface area contributed by atoms with Crippen molar-refractivity contribution in [1.82, 2.24) is 19.7 Å². The predicted octanol–water partition coefficient (Wildman–Crippen LogP) is 3.20. The van der Waals surface area contributed by atoms with Crippen LogP contribution in [-0.4, -0.2) is 51.9 Å². The normalized spacial score (nSPS) is 15.3. The smallest absolute Gasteiger partial charge is 0.274 e. The Balaban J connectivity index is 1.37. The second-order valence-electron chi connectivity index (χ2n) is 6.46. The summed E-state index contributed by atoms with van der Waals surface area (Å²) in [5.74, 6) is 0.831. The summed E-state index contributed by atoms with van der Waals surface area (Å²) in [5, 5.41) is 4.86. The van der Waals surface area contributed by atoms with Crippen LogP contribution in [0.2, 0.25) is 0 Å². The minimum Gasteiger partial charge on any atom is -0.497 e. The molecule has 3 aromatic rings. The van der Waals surface area contributed by atoms with Gasteiger partial charge in [0.25, 0.3) is 11.1 Å². The summed E-state index contributed by atoms with van der Waals surface area (Å²) < 4.78 is 14.1. The number of hydrogen-bond acceptors (Lipinski definition) is 6. The zero-order chi connectivity index (χ0) is 18.8. The molecule has 0 N–H and O–H groups in total. The molecule has 0 saturated carbocycles. The van der Waals surface area contributed by atoms with Crippen molar-refractivity contribution < 1.29 is 14.3 Å². The topological polar surface area (TPSA) is 69.5 Å². The van der Waals surface area contributed by atoms with E-state index in [1.165, 1.54) is 11.3 Å². The van der Waals surface area contributed by atoms with E-state index in [4.69, 9.17) is 9.47 Å². The molecule has 0 unspecified atom stereocenters. The van der Waals surface area contributed by atoms with E-state index in [-0.39, 0.29) is 12.0 Å². The molecule has 0 bridgehead atoms. The molecule has 1 fully saturated rings. The molecular formula is C19H22N4O3S. The standard InChI is InChI=1S/C19H22N4O3S/c1-3-23-16(6-9-20-23)18(24)22-10-7-13(8-11-22)26-19-21-15-12-14(25-2)4-5-17(15)27-19/h4-6,9,12-13H,3,7-8,10-11H2,1-2H3. The maximum absolute atomic E-state index is 12.7. The monoisotopic (exact) mass is 386 g/mol. The Morgan fingerprint density at radius 3 is 2.85 bits per heavy atom. The number of aryl methyl sites for hydroxylation is 1. The fraction of sp³-hybridized carbons (Fsp3) is 0.421. The lowest BCUT2D eigenvalue weighted by Crippen LogP contribution is -2.42. The number of carbonyl (C=O) groups excluding carboxylic acids is 1. The van der Waals surface area contributed by atoms with Gasteiger partial charge < -0.3 is 14.4 Å². The first-order valence-corrected chi connectivity index (χ1v) is 9.92. The van der Waals surface area contributed by atoms with Gasteiger partial charge in [-0.25, -0.2) is 4.98 Å². The fourth-order valence-corrected chi connectivity index (χ4v) is 4.17. The number of aromatic nitrogens is 3. The molecule has 1 aromatic carbocycles. The lowest BCUT2D eigenvalue weighted by atomic mass is 10.1. The second-order valence-corrected chi connectivity index (χ2v) is 7.45. The van der Waals surface area contributed by atoms with Crippen LogP contribution in [-0.2, 0) is 6.54 Å². The second kappa shape index (κ2) is 7.56. The first kappa shape index (κ1) is 17.8. The summed E-state index contributed by atoms with van der Waals surface area (Å²) >= 11 is 1.54. The summed E-state index contributed by atoms with van der Waals surface area (Å²) in [6.45, 7) is 4.03. The number of nitrogens with zero attached hydrogens (tertiary/aromatic N) is 4. The lowest BCUT2D eigenvalue weighted by molar-refractivity contribution is 0.0584. The van der Waals surface area contributed by atoms with Crippen LogP contribution >= 0.6 is 11.3 Å². The van der Waals surface area contributed by atoms with Crippen molar-refractivity contribution in [3.8, 4) is 10.9 Å². The number of carbonyl (C=O) groups is 1. The third kappa shape index (κ3) is 3.62. The Labute approximate surface area is 161 Å². The van der Waals surface area contributed by atoms with Crippen LogP contribution in [0.15, 0.2) is 30.5 Å². The van der Waals surface area contributed by atoms with E-state index in [0.29, 0.717) is 30.5 Å². The van der Waals surface area contributed by atoms with Crippen LogP contribution in [0.1, 0.15) is 30.3 Å². The highest BCUT2D eigenvalue weighted by molar-refractivity contribution is 7.20. The van der Waals surface area contributed by atoms with E-state index >= 15 is 0 Å². The summed E-state index contributed by atoms with van der Waals surface area (Å²) in [4.78, 5) is 19.1. The van der Waals surface area contributed by atoms with Crippen LogP contribution in [0.25, 0.3) is 10.2 Å². The van der Waals surface area contributed by atoms with Crippen molar-refractivity contribution in [2.75, 3.05) is 20.2 Å². The number of thiazole rings is 1. The van der Waals surface area contributed by atoms with Crippen molar-refractivity contribution in [2.24, 2.45) is 0 Å². The number of rotatable bonds is 5. The molecule has 7 nitrogen and oxygen atoms in total. The summed E-state index contributed by atoms with van der Waals surface area (Å²) in [5.41, 5.74) is 1.53. The van der Waals surface area contributed by atoms with Crippen molar-refractivity contribution >= 4 is 27.5 Å². The van der Waals surface area contributed by atoms with E-state index < -0.39 is 0 Å². The van der Waals surface area contributed by atoms with Crippen LogP contribution in [0.3, 0.4) is 0 Å². The van der Waals surface area contributed by atoms with Gasteiger partial charge in [-0.15, -0.1) is 0 Å². The summed E-state index contributed by atoms with van der Waals surface area (Å²) in [6.07, 6.45) is 3.35. The minimum absolute atomic E-state index is 0.0416. The molecule has 0 radical (unpaired) electrons. The SMILES string of the molecule is CCn1nccc1C(=O)N1CCC(Oc2nc3cc(OC)ccc3s2)CC1. The van der Waals surface area contributed by atoms with Crippen LogP contribution in [0.5, 0.6) is 10.9 Å². The zero-order valence-corrected chi connectivity index (χ0v) is 16.2. The first-order valence-electron chi connectivity index (χ1n) is 9.10. The van der Waals surface area contributed by atoms with Gasteiger partial charge in [-0.2, -0.15) is 5.10 Å². The molecule has 4 rings (SSSR count). The molecule has 1 aliphatic rings. The van der Waals surface area contributed by atoms with E-state index in [1.54, 1.807) is 24.1 Å². The molecule has 1 amide bonds. The lowest BCUT2D eigenvalue weighted by Gasteiger charge is -2.31. The number of piperidine rings is 1. The molecule has 142 valence electrons. The van der Waals surface area contributed by atoms with Gasteiger partial charge in [-0.1, -0.05) is 11.3 Å². The van der Waals surface area contributed by atoms with Crippen molar-refractivity contribution in [2.45, 2.75) is 32.4 Å². The number of hydrogen-bond donors (Lipinski definition) is 0. The van der Waals surface area contributed by atoms with Crippen LogP contribution in [0.4, 0.5) is 0 Å². The predicted molar refractivity (Wildman–Crippen MR) is 104 cm³/mol. The molecule has 1 saturated heterocycles. The largest absolute Gasteiger partial charge is 0.497 e. The molecular weight excluding hydrogens is 364 g/mol. The number of ether oxygens (including phenoxy) is 2. The Bertz CT molecular complexity index is 943. The maximum atomic E-state index is 12.7. The highest BCUT2D eigenvalue weighted by Crippen LogP contribution is 2.32. The molecule has 3 heterocycles. The molecule has 2 aromatic heterocycles. The molecule has 8 heteroatoms. The molecule has 1 aliphatic heterocycles. The van der Waals surface area contributed by atoms with Crippen LogP contribution in [0, 0.1) is 0 Å². The Kier molecular flexibility index (Phi) is 4.98. The van der Waals surface area contributed by atoms with E-state index in [0.717, 1.165) is 28.8 Å². The Morgan fingerprint density at radius 1 is 1.30 bits per heavy atom. The van der Waals surface area contributed by atoms with Gasteiger partial charge in [0.2, 0.25) is 0 Å².